The van der Waals surface area contributed by atoms with Gasteiger partial charge in [-0.05, 0) is 43.0 Å². The maximum absolute atomic E-state index is 13.5. The lowest BCUT2D eigenvalue weighted by atomic mass is 9.93. The van der Waals surface area contributed by atoms with E-state index in [1.54, 1.807) is 14.2 Å². The zero-order valence-electron chi connectivity index (χ0n) is 19.4. The first-order chi connectivity index (χ1) is 15.9. The van der Waals surface area contributed by atoms with Gasteiger partial charge in [0.15, 0.2) is 0 Å². The van der Waals surface area contributed by atoms with E-state index in [-0.39, 0.29) is 23.2 Å². The number of ether oxygens (including phenoxy) is 1. The molecule has 3 aromatic rings. The van der Waals surface area contributed by atoms with E-state index in [4.69, 9.17) is 9.72 Å². The van der Waals surface area contributed by atoms with Crippen molar-refractivity contribution in [3.05, 3.63) is 64.3 Å². The third-order valence-corrected chi connectivity index (χ3v) is 5.87. The number of carbonyl (C=O) groups is 1. The van der Waals surface area contributed by atoms with Crippen molar-refractivity contribution in [3.8, 4) is 16.9 Å². The summed E-state index contributed by atoms with van der Waals surface area (Å²) in [5.41, 5.74) is 2.62. The monoisotopic (exact) mass is 448 g/mol. The molecule has 172 valence electrons. The maximum atomic E-state index is 13.5. The molecule has 0 N–H and O–H groups in total. The third kappa shape index (κ3) is 4.57. The normalized spacial score (nSPS) is 15.9. The fourth-order valence-corrected chi connectivity index (χ4v) is 4.07. The van der Waals surface area contributed by atoms with E-state index in [1.807, 2.05) is 54.4 Å². The minimum Gasteiger partial charge on any atom is -0.497 e. The molecule has 0 spiro atoms. The number of hydrogen-bond acceptors (Lipinski definition) is 7. The van der Waals surface area contributed by atoms with Gasteiger partial charge in [-0.25, -0.2) is 14.6 Å². The summed E-state index contributed by atoms with van der Waals surface area (Å²) in [6, 6.07) is 10.4. The van der Waals surface area contributed by atoms with Gasteiger partial charge in [0.25, 0.3) is 11.5 Å². The van der Waals surface area contributed by atoms with Crippen LogP contribution in [0.5, 0.6) is 5.75 Å². The molecule has 3 heterocycles. The number of carbonyl (C=O) groups excluding carboxylic acids is 1. The number of aromatic nitrogens is 4. The van der Waals surface area contributed by atoms with E-state index in [1.165, 1.54) is 16.8 Å². The van der Waals surface area contributed by atoms with E-state index in [2.05, 4.69) is 10.1 Å². The minimum absolute atomic E-state index is 0.207. The molecule has 33 heavy (non-hydrogen) atoms. The second-order valence-electron chi connectivity index (χ2n) is 8.28. The van der Waals surface area contributed by atoms with Gasteiger partial charge in [-0.3, -0.25) is 9.59 Å². The van der Waals surface area contributed by atoms with Gasteiger partial charge in [0.1, 0.15) is 11.4 Å². The highest BCUT2D eigenvalue weighted by Crippen LogP contribution is 2.37. The van der Waals surface area contributed by atoms with Gasteiger partial charge in [0.2, 0.25) is 5.95 Å². The predicted molar refractivity (Wildman–Crippen MR) is 125 cm³/mol. The topological polar surface area (TPSA) is 93.5 Å². The van der Waals surface area contributed by atoms with Gasteiger partial charge >= 0.3 is 0 Å². The Balaban J connectivity index is 1.79. The van der Waals surface area contributed by atoms with Crippen molar-refractivity contribution < 1.29 is 9.53 Å². The van der Waals surface area contributed by atoms with Crippen LogP contribution in [0.25, 0.3) is 11.1 Å². The van der Waals surface area contributed by atoms with Crippen molar-refractivity contribution in [2.75, 3.05) is 32.6 Å². The molecule has 1 aliphatic heterocycles. The first-order valence-electron chi connectivity index (χ1n) is 10.9. The summed E-state index contributed by atoms with van der Waals surface area (Å²) in [6.07, 6.45) is 4.49. The number of aryl methyl sites for hydroxylation is 1. The summed E-state index contributed by atoms with van der Waals surface area (Å²) in [6.45, 7) is 0.595. The Morgan fingerprint density at radius 3 is 2.55 bits per heavy atom. The SMILES string of the molecule is COc1ccc(-c2cnc(N(C)C)nc2C2CCCCN2C(=O)c2ccc(=O)n(C)n2)cc1. The van der Waals surface area contributed by atoms with Crippen molar-refractivity contribution in [2.24, 2.45) is 7.05 Å². The summed E-state index contributed by atoms with van der Waals surface area (Å²) in [7, 11) is 6.96. The number of amides is 1. The molecule has 0 aliphatic carbocycles. The largest absolute Gasteiger partial charge is 0.497 e. The third-order valence-electron chi connectivity index (χ3n) is 5.87. The Morgan fingerprint density at radius 1 is 1.12 bits per heavy atom. The molecule has 1 saturated heterocycles. The zero-order valence-corrected chi connectivity index (χ0v) is 19.4. The van der Waals surface area contributed by atoms with E-state index < -0.39 is 0 Å². The number of methoxy groups -OCH3 is 1. The summed E-state index contributed by atoms with van der Waals surface area (Å²) < 4.78 is 6.48. The molecule has 0 radical (unpaired) electrons. The van der Waals surface area contributed by atoms with Crippen LogP contribution in [0.3, 0.4) is 0 Å². The van der Waals surface area contributed by atoms with Crippen molar-refractivity contribution in [3.63, 3.8) is 0 Å². The van der Waals surface area contributed by atoms with Crippen molar-refractivity contribution in [1.29, 1.82) is 0 Å². The Labute approximate surface area is 192 Å². The fraction of sp³-hybridized carbons (Fsp3) is 0.375. The molecule has 1 aliphatic rings. The summed E-state index contributed by atoms with van der Waals surface area (Å²) >= 11 is 0. The van der Waals surface area contributed by atoms with Crippen LogP contribution in [0.1, 0.15) is 41.5 Å². The molecule has 1 aromatic carbocycles. The lowest BCUT2D eigenvalue weighted by Crippen LogP contribution is -2.40. The molecule has 1 atom stereocenters. The van der Waals surface area contributed by atoms with Gasteiger partial charge in [-0.15, -0.1) is 0 Å². The summed E-state index contributed by atoms with van der Waals surface area (Å²) in [4.78, 5) is 38.3. The average molecular weight is 449 g/mol. The predicted octanol–water partition coefficient (Wildman–Crippen LogP) is 2.68. The highest BCUT2D eigenvalue weighted by molar-refractivity contribution is 5.92. The first kappa shape index (κ1) is 22.4. The summed E-state index contributed by atoms with van der Waals surface area (Å²) in [5.74, 6) is 1.14. The van der Waals surface area contributed by atoms with E-state index in [0.29, 0.717) is 12.5 Å². The second kappa shape index (κ2) is 9.40. The Bertz CT molecular complexity index is 1210. The molecule has 0 bridgehead atoms. The molecule has 1 unspecified atom stereocenters. The van der Waals surface area contributed by atoms with Gasteiger partial charge < -0.3 is 14.5 Å². The van der Waals surface area contributed by atoms with Crippen molar-refractivity contribution >= 4 is 11.9 Å². The maximum Gasteiger partial charge on any atom is 0.274 e. The van der Waals surface area contributed by atoms with Crippen LogP contribution in [0, 0.1) is 0 Å². The standard InChI is InChI=1S/C24H28N6O3/c1-28(2)24-25-15-18(16-8-10-17(33-4)11-9-16)22(26-24)20-7-5-6-14-30(20)23(32)19-12-13-21(31)29(3)27-19/h8-13,15,20H,5-7,14H2,1-4H3. The van der Waals surface area contributed by atoms with E-state index in [0.717, 1.165) is 41.8 Å². The van der Waals surface area contributed by atoms with Crippen LogP contribution in [-0.4, -0.2) is 58.3 Å². The molecule has 9 nitrogen and oxygen atoms in total. The van der Waals surface area contributed by atoms with Crippen molar-refractivity contribution in [1.82, 2.24) is 24.6 Å². The van der Waals surface area contributed by atoms with E-state index in [9.17, 15) is 9.59 Å². The number of rotatable bonds is 5. The van der Waals surface area contributed by atoms with Crippen LogP contribution in [-0.2, 0) is 7.05 Å². The number of hydrogen-bond donors (Lipinski definition) is 0. The molecular formula is C24H28N6O3. The van der Waals surface area contributed by atoms with Crippen molar-refractivity contribution in [2.45, 2.75) is 25.3 Å². The molecule has 4 rings (SSSR count). The lowest BCUT2D eigenvalue weighted by molar-refractivity contribution is 0.0598. The van der Waals surface area contributed by atoms with Crippen LogP contribution in [0.15, 0.2) is 47.4 Å². The van der Waals surface area contributed by atoms with Crippen LogP contribution >= 0.6 is 0 Å². The van der Waals surface area contributed by atoms with Crippen LogP contribution in [0.4, 0.5) is 5.95 Å². The highest BCUT2D eigenvalue weighted by Gasteiger charge is 2.33. The smallest absolute Gasteiger partial charge is 0.274 e. The van der Waals surface area contributed by atoms with Gasteiger partial charge in [0, 0.05) is 45.5 Å². The minimum atomic E-state index is -0.255. The Morgan fingerprint density at radius 2 is 1.88 bits per heavy atom. The number of likely N-dealkylation sites (tertiary alicyclic amines) is 1. The first-order valence-corrected chi connectivity index (χ1v) is 10.9. The number of piperidine rings is 1. The molecular weight excluding hydrogens is 420 g/mol. The van der Waals surface area contributed by atoms with E-state index >= 15 is 0 Å². The molecule has 1 fully saturated rings. The lowest BCUT2D eigenvalue weighted by Gasteiger charge is -2.36. The zero-order chi connectivity index (χ0) is 23.5. The molecule has 1 amide bonds. The van der Waals surface area contributed by atoms with Gasteiger partial charge in [-0.1, -0.05) is 12.1 Å². The molecule has 0 saturated carbocycles. The molecule has 9 heteroatoms. The number of anilines is 1. The summed E-state index contributed by atoms with van der Waals surface area (Å²) in [5, 5.41) is 4.18. The Kier molecular flexibility index (Phi) is 6.39. The highest BCUT2D eigenvalue weighted by atomic mass is 16.5. The average Bonchev–Trinajstić information content (AvgIpc) is 2.85. The van der Waals surface area contributed by atoms with Gasteiger partial charge in [-0.2, -0.15) is 5.10 Å². The number of nitrogens with zero attached hydrogens (tertiary/aromatic N) is 6. The van der Waals surface area contributed by atoms with Crippen LogP contribution < -0.4 is 15.2 Å². The fourth-order valence-electron chi connectivity index (χ4n) is 4.07. The molecule has 2 aromatic heterocycles. The second-order valence-corrected chi connectivity index (χ2v) is 8.28. The van der Waals surface area contributed by atoms with Crippen LogP contribution in [0.2, 0.25) is 0 Å². The Hall–Kier alpha value is -3.75. The number of benzene rings is 1. The quantitative estimate of drug-likeness (QED) is 0.592. The van der Waals surface area contributed by atoms with Gasteiger partial charge in [0.05, 0.1) is 18.8 Å².